The van der Waals surface area contributed by atoms with Crippen LogP contribution in [0.4, 0.5) is 13.2 Å². The van der Waals surface area contributed by atoms with Crippen LogP contribution in [0.3, 0.4) is 0 Å². The number of carbonyl (C=O) groups is 1. The lowest BCUT2D eigenvalue weighted by molar-refractivity contribution is -0.143. The molecule has 0 saturated carbocycles. The van der Waals surface area contributed by atoms with Crippen molar-refractivity contribution in [2.24, 2.45) is 0 Å². The van der Waals surface area contributed by atoms with Gasteiger partial charge < -0.3 is 9.84 Å². The minimum absolute atomic E-state index is 0.0142. The van der Waals surface area contributed by atoms with Gasteiger partial charge in [0.1, 0.15) is 5.76 Å². The Labute approximate surface area is 156 Å². The zero-order valence-electron chi connectivity index (χ0n) is 14.3. The second-order valence-corrected chi connectivity index (χ2v) is 6.22. The number of amides is 1. The Morgan fingerprint density at radius 2 is 2.07 bits per heavy atom. The van der Waals surface area contributed by atoms with Crippen LogP contribution in [0.2, 0.25) is 5.02 Å². The first-order chi connectivity index (χ1) is 12.7. The third kappa shape index (κ3) is 3.82. The van der Waals surface area contributed by atoms with Gasteiger partial charge in [0.2, 0.25) is 0 Å². The van der Waals surface area contributed by atoms with Gasteiger partial charge in [-0.3, -0.25) is 4.79 Å². The third-order valence-electron chi connectivity index (χ3n) is 3.94. The standard InChI is InChI=1S/C17H14ClF3N4O2/c1-9-13(10(2)27-24-9)7-22-16(26)14-8-23-25(15(14)17(19,20)21)12-5-3-4-11(18)6-12/h3-6,8H,7H2,1-2H3,(H,22,26). The molecule has 10 heteroatoms. The predicted molar refractivity (Wildman–Crippen MR) is 90.7 cm³/mol. The van der Waals surface area contributed by atoms with E-state index in [1.807, 2.05) is 0 Å². The smallest absolute Gasteiger partial charge is 0.361 e. The summed E-state index contributed by atoms with van der Waals surface area (Å²) in [6.45, 7) is 3.32. The van der Waals surface area contributed by atoms with Crippen molar-refractivity contribution in [1.82, 2.24) is 20.3 Å². The van der Waals surface area contributed by atoms with E-state index in [1.165, 1.54) is 24.3 Å². The van der Waals surface area contributed by atoms with Gasteiger partial charge >= 0.3 is 6.18 Å². The van der Waals surface area contributed by atoms with E-state index in [-0.39, 0.29) is 17.3 Å². The third-order valence-corrected chi connectivity index (χ3v) is 4.18. The Bertz CT molecular complexity index is 975. The van der Waals surface area contributed by atoms with Crippen LogP contribution < -0.4 is 5.32 Å². The van der Waals surface area contributed by atoms with Gasteiger partial charge in [0, 0.05) is 17.1 Å². The zero-order valence-corrected chi connectivity index (χ0v) is 15.0. The number of rotatable bonds is 4. The van der Waals surface area contributed by atoms with Crippen molar-refractivity contribution >= 4 is 17.5 Å². The number of nitrogens with zero attached hydrogens (tertiary/aromatic N) is 3. The summed E-state index contributed by atoms with van der Waals surface area (Å²) < 4.78 is 46.5. The van der Waals surface area contributed by atoms with Crippen LogP contribution in [-0.2, 0) is 12.7 Å². The fourth-order valence-electron chi connectivity index (χ4n) is 2.61. The van der Waals surface area contributed by atoms with Crippen LogP contribution in [0.1, 0.15) is 33.1 Å². The SMILES string of the molecule is Cc1noc(C)c1CNC(=O)c1cnn(-c2cccc(Cl)c2)c1C(F)(F)F. The monoisotopic (exact) mass is 398 g/mol. The van der Waals surface area contributed by atoms with E-state index in [4.69, 9.17) is 16.1 Å². The summed E-state index contributed by atoms with van der Waals surface area (Å²) in [6, 6.07) is 5.77. The van der Waals surface area contributed by atoms with Crippen LogP contribution in [-0.4, -0.2) is 20.8 Å². The molecular weight excluding hydrogens is 385 g/mol. The minimum atomic E-state index is -4.80. The highest BCUT2D eigenvalue weighted by Crippen LogP contribution is 2.34. The average Bonchev–Trinajstić information content (AvgIpc) is 3.17. The Kier molecular flexibility index (Phi) is 4.97. The molecule has 0 aliphatic heterocycles. The number of hydrogen-bond donors (Lipinski definition) is 1. The molecule has 6 nitrogen and oxygen atoms in total. The lowest BCUT2D eigenvalue weighted by Crippen LogP contribution is -2.26. The van der Waals surface area contributed by atoms with Crippen LogP contribution in [0, 0.1) is 13.8 Å². The predicted octanol–water partition coefficient (Wildman–Crippen LogP) is 4.08. The van der Waals surface area contributed by atoms with Crippen molar-refractivity contribution in [2.75, 3.05) is 0 Å². The van der Waals surface area contributed by atoms with Crippen molar-refractivity contribution < 1.29 is 22.5 Å². The number of nitrogens with one attached hydrogen (secondary N) is 1. The number of aromatic nitrogens is 3. The van der Waals surface area contributed by atoms with Gasteiger partial charge in [0.25, 0.3) is 5.91 Å². The molecule has 0 bridgehead atoms. The van der Waals surface area contributed by atoms with Crippen LogP contribution >= 0.6 is 11.6 Å². The van der Waals surface area contributed by atoms with E-state index in [2.05, 4.69) is 15.6 Å². The minimum Gasteiger partial charge on any atom is -0.361 e. The molecule has 0 spiro atoms. The molecule has 0 aliphatic carbocycles. The zero-order chi connectivity index (χ0) is 19.8. The molecule has 27 heavy (non-hydrogen) atoms. The molecular formula is C17H14ClF3N4O2. The highest BCUT2D eigenvalue weighted by Gasteiger charge is 2.40. The number of aryl methyl sites for hydroxylation is 2. The maximum Gasteiger partial charge on any atom is 0.434 e. The second-order valence-electron chi connectivity index (χ2n) is 5.78. The Balaban J connectivity index is 1.94. The highest BCUT2D eigenvalue weighted by atomic mass is 35.5. The van der Waals surface area contributed by atoms with Gasteiger partial charge in [0.05, 0.1) is 23.1 Å². The Hall–Kier alpha value is -2.81. The van der Waals surface area contributed by atoms with Crippen LogP contribution in [0.5, 0.6) is 0 Å². The molecule has 0 fully saturated rings. The molecule has 1 N–H and O–H groups in total. The first-order valence-electron chi connectivity index (χ1n) is 7.79. The molecule has 1 aromatic carbocycles. The van der Waals surface area contributed by atoms with Crippen molar-refractivity contribution in [2.45, 2.75) is 26.6 Å². The molecule has 3 rings (SSSR count). The molecule has 142 valence electrons. The molecule has 3 aromatic rings. The van der Waals surface area contributed by atoms with Crippen molar-refractivity contribution in [1.29, 1.82) is 0 Å². The van der Waals surface area contributed by atoms with Gasteiger partial charge in [-0.05, 0) is 32.0 Å². The topological polar surface area (TPSA) is 73.0 Å². The summed E-state index contributed by atoms with van der Waals surface area (Å²) in [4.78, 5) is 12.4. The van der Waals surface area contributed by atoms with Gasteiger partial charge in [0.15, 0.2) is 5.69 Å². The number of benzene rings is 1. The number of carbonyl (C=O) groups excluding carboxylic acids is 1. The largest absolute Gasteiger partial charge is 0.434 e. The van der Waals surface area contributed by atoms with Crippen molar-refractivity contribution in [3.63, 3.8) is 0 Å². The van der Waals surface area contributed by atoms with E-state index in [9.17, 15) is 18.0 Å². The van der Waals surface area contributed by atoms with Crippen LogP contribution in [0.25, 0.3) is 5.69 Å². The molecule has 2 aromatic heterocycles. The maximum absolute atomic E-state index is 13.6. The summed E-state index contributed by atoms with van der Waals surface area (Å²) in [5.74, 6) is -0.422. The van der Waals surface area contributed by atoms with E-state index in [0.29, 0.717) is 21.7 Å². The summed E-state index contributed by atoms with van der Waals surface area (Å²) in [7, 11) is 0. The summed E-state index contributed by atoms with van der Waals surface area (Å²) in [5.41, 5.74) is -0.507. The lowest BCUT2D eigenvalue weighted by Gasteiger charge is -2.13. The Morgan fingerprint density at radius 1 is 1.33 bits per heavy atom. The summed E-state index contributed by atoms with van der Waals surface area (Å²) >= 11 is 5.85. The summed E-state index contributed by atoms with van der Waals surface area (Å²) in [5, 5.41) is 10.2. The second kappa shape index (κ2) is 7.07. The quantitative estimate of drug-likeness (QED) is 0.718. The first kappa shape index (κ1) is 19.0. The van der Waals surface area contributed by atoms with Gasteiger partial charge in [-0.15, -0.1) is 0 Å². The normalized spacial score (nSPS) is 11.6. The van der Waals surface area contributed by atoms with Gasteiger partial charge in [-0.25, -0.2) is 4.68 Å². The van der Waals surface area contributed by atoms with Crippen molar-refractivity contribution in [3.05, 3.63) is 63.8 Å². The fourth-order valence-corrected chi connectivity index (χ4v) is 2.79. The molecule has 0 unspecified atom stereocenters. The Morgan fingerprint density at radius 3 is 2.67 bits per heavy atom. The number of halogens is 4. The van der Waals surface area contributed by atoms with Gasteiger partial charge in [-0.2, -0.15) is 18.3 Å². The number of hydrogen-bond acceptors (Lipinski definition) is 4. The number of alkyl halides is 3. The van der Waals surface area contributed by atoms with Crippen LogP contribution in [0.15, 0.2) is 35.0 Å². The summed E-state index contributed by atoms with van der Waals surface area (Å²) in [6.07, 6.45) is -3.92. The average molecular weight is 399 g/mol. The van der Waals surface area contributed by atoms with E-state index in [0.717, 1.165) is 6.20 Å². The van der Waals surface area contributed by atoms with E-state index >= 15 is 0 Å². The molecule has 0 aliphatic rings. The van der Waals surface area contributed by atoms with E-state index in [1.54, 1.807) is 13.8 Å². The molecule has 2 heterocycles. The van der Waals surface area contributed by atoms with Crippen molar-refractivity contribution in [3.8, 4) is 5.69 Å². The van der Waals surface area contributed by atoms with Gasteiger partial charge in [-0.1, -0.05) is 22.8 Å². The fraction of sp³-hybridized carbons (Fsp3) is 0.235. The first-order valence-corrected chi connectivity index (χ1v) is 8.17. The molecule has 0 saturated heterocycles. The maximum atomic E-state index is 13.6. The molecule has 0 radical (unpaired) electrons. The lowest BCUT2D eigenvalue weighted by atomic mass is 10.2. The van der Waals surface area contributed by atoms with E-state index < -0.39 is 23.3 Å². The molecule has 1 amide bonds. The highest BCUT2D eigenvalue weighted by molar-refractivity contribution is 6.30. The molecule has 0 atom stereocenters.